The van der Waals surface area contributed by atoms with E-state index in [0.717, 1.165) is 0 Å². The van der Waals surface area contributed by atoms with Crippen molar-refractivity contribution in [3.8, 4) is 0 Å². The maximum atomic E-state index is 10.2. The van der Waals surface area contributed by atoms with E-state index in [4.69, 9.17) is 19.4 Å². The monoisotopic (exact) mass is 150 g/mol. The third-order valence-corrected chi connectivity index (χ3v) is 1.30. The average Bonchev–Trinajstić information content (AvgIpc) is 1.85. The standard InChI is InChI=1S/C7H4BClO/c8-6-1-5(4-10)2-7(9)3-6/h1-4H. The van der Waals surface area contributed by atoms with Crippen LogP contribution < -0.4 is 5.46 Å². The van der Waals surface area contributed by atoms with Crippen LogP contribution in [0, 0.1) is 0 Å². The molecule has 1 nitrogen and oxygen atoms in total. The van der Waals surface area contributed by atoms with Crippen molar-refractivity contribution in [1.29, 1.82) is 0 Å². The van der Waals surface area contributed by atoms with E-state index >= 15 is 0 Å². The lowest BCUT2D eigenvalue weighted by Crippen LogP contribution is -2.02. The van der Waals surface area contributed by atoms with Gasteiger partial charge in [-0.25, -0.2) is 0 Å². The van der Waals surface area contributed by atoms with Gasteiger partial charge in [0.1, 0.15) is 14.1 Å². The Morgan fingerprint density at radius 3 is 2.60 bits per heavy atom. The van der Waals surface area contributed by atoms with Crippen molar-refractivity contribution < 1.29 is 4.79 Å². The number of carbonyl (C=O) groups is 1. The third-order valence-electron chi connectivity index (χ3n) is 1.08. The van der Waals surface area contributed by atoms with Crippen LogP contribution in [0.4, 0.5) is 0 Å². The molecule has 0 heterocycles. The van der Waals surface area contributed by atoms with Gasteiger partial charge in [0.05, 0.1) is 0 Å². The fraction of sp³-hybridized carbons (Fsp3) is 0. The van der Waals surface area contributed by atoms with Crippen LogP contribution >= 0.6 is 11.6 Å². The van der Waals surface area contributed by atoms with Crippen LogP contribution in [0.15, 0.2) is 18.2 Å². The Hall–Kier alpha value is -0.755. The zero-order valence-electron chi connectivity index (χ0n) is 5.17. The first-order chi connectivity index (χ1) is 4.72. The molecule has 0 atom stereocenters. The minimum atomic E-state index is 0.488. The highest BCUT2D eigenvalue weighted by molar-refractivity contribution is 6.36. The Bertz CT molecular complexity index is 240. The van der Waals surface area contributed by atoms with Gasteiger partial charge in [0.25, 0.3) is 0 Å². The molecule has 0 aromatic heterocycles. The van der Waals surface area contributed by atoms with E-state index < -0.39 is 0 Å². The third kappa shape index (κ3) is 1.61. The average molecular weight is 150 g/mol. The second-order valence-electron chi connectivity index (χ2n) is 1.94. The van der Waals surface area contributed by atoms with Gasteiger partial charge in [-0.1, -0.05) is 29.2 Å². The van der Waals surface area contributed by atoms with Crippen LogP contribution in [0.1, 0.15) is 10.4 Å². The largest absolute Gasteiger partial charge is 0.298 e. The number of aldehydes is 1. The first kappa shape index (κ1) is 7.35. The molecule has 0 aliphatic carbocycles. The number of halogens is 1. The molecule has 0 saturated carbocycles. The Labute approximate surface area is 65.4 Å². The smallest absolute Gasteiger partial charge is 0.150 e. The lowest BCUT2D eigenvalue weighted by molar-refractivity contribution is 0.112. The highest BCUT2D eigenvalue weighted by Gasteiger charge is 1.92. The molecule has 1 aromatic carbocycles. The van der Waals surface area contributed by atoms with Crippen LogP contribution in [-0.4, -0.2) is 14.1 Å². The topological polar surface area (TPSA) is 17.1 Å². The molecule has 0 bridgehead atoms. The Balaban J connectivity index is 3.18. The van der Waals surface area contributed by atoms with Gasteiger partial charge in [-0.05, 0) is 6.07 Å². The van der Waals surface area contributed by atoms with Crippen molar-refractivity contribution in [1.82, 2.24) is 0 Å². The number of hydrogen-bond acceptors (Lipinski definition) is 1. The SMILES string of the molecule is [B]c1cc(Cl)cc(C=O)c1. The van der Waals surface area contributed by atoms with Crippen LogP contribution in [0.2, 0.25) is 5.02 Å². The zero-order chi connectivity index (χ0) is 7.56. The van der Waals surface area contributed by atoms with Crippen molar-refractivity contribution in [2.24, 2.45) is 0 Å². The lowest BCUT2D eigenvalue weighted by atomic mass is 9.95. The molecule has 0 aliphatic rings. The van der Waals surface area contributed by atoms with Gasteiger partial charge in [0, 0.05) is 10.6 Å². The molecule has 1 rings (SSSR count). The highest BCUT2D eigenvalue weighted by Crippen LogP contribution is 2.06. The molecule has 48 valence electrons. The first-order valence-corrected chi connectivity index (χ1v) is 3.11. The van der Waals surface area contributed by atoms with Crippen LogP contribution in [0.5, 0.6) is 0 Å². The van der Waals surface area contributed by atoms with Gasteiger partial charge in [0.2, 0.25) is 0 Å². The first-order valence-electron chi connectivity index (χ1n) is 2.73. The number of carbonyl (C=O) groups excluding carboxylic acids is 1. The molecular weight excluding hydrogens is 146 g/mol. The number of benzene rings is 1. The number of hydrogen-bond donors (Lipinski definition) is 0. The molecule has 0 unspecified atom stereocenters. The second kappa shape index (κ2) is 2.89. The Morgan fingerprint density at radius 1 is 1.40 bits per heavy atom. The molecule has 10 heavy (non-hydrogen) atoms. The summed E-state index contributed by atoms with van der Waals surface area (Å²) in [6, 6.07) is 4.72. The molecule has 2 radical (unpaired) electrons. The maximum Gasteiger partial charge on any atom is 0.150 e. The second-order valence-corrected chi connectivity index (χ2v) is 2.37. The van der Waals surface area contributed by atoms with E-state index in [0.29, 0.717) is 22.3 Å². The quantitative estimate of drug-likeness (QED) is 0.430. The minimum Gasteiger partial charge on any atom is -0.298 e. The van der Waals surface area contributed by atoms with Gasteiger partial charge in [-0.3, -0.25) is 4.79 Å². The summed E-state index contributed by atoms with van der Waals surface area (Å²) >= 11 is 5.59. The summed E-state index contributed by atoms with van der Waals surface area (Å²) in [4.78, 5) is 10.2. The van der Waals surface area contributed by atoms with Crippen LogP contribution in [-0.2, 0) is 0 Å². The predicted octanol–water partition coefficient (Wildman–Crippen LogP) is 0.946. The van der Waals surface area contributed by atoms with Gasteiger partial charge in [0.15, 0.2) is 0 Å². The number of rotatable bonds is 1. The van der Waals surface area contributed by atoms with Gasteiger partial charge < -0.3 is 0 Å². The van der Waals surface area contributed by atoms with Gasteiger partial charge in [-0.2, -0.15) is 0 Å². The highest BCUT2D eigenvalue weighted by atomic mass is 35.5. The van der Waals surface area contributed by atoms with E-state index in [1.165, 1.54) is 0 Å². The van der Waals surface area contributed by atoms with Gasteiger partial charge >= 0.3 is 0 Å². The Morgan fingerprint density at radius 2 is 2.10 bits per heavy atom. The zero-order valence-corrected chi connectivity index (χ0v) is 5.93. The summed E-state index contributed by atoms with van der Waals surface area (Å²) in [6.45, 7) is 0. The summed E-state index contributed by atoms with van der Waals surface area (Å²) < 4.78 is 0. The summed E-state index contributed by atoms with van der Waals surface area (Å²) in [7, 11) is 5.39. The fourth-order valence-electron chi connectivity index (χ4n) is 0.704. The van der Waals surface area contributed by atoms with E-state index in [9.17, 15) is 4.79 Å². The molecule has 0 spiro atoms. The minimum absolute atomic E-state index is 0.488. The normalized spacial score (nSPS) is 9.30. The molecule has 0 saturated heterocycles. The lowest BCUT2D eigenvalue weighted by Gasteiger charge is -1.94. The molecule has 3 heteroatoms. The predicted molar refractivity (Wildman–Crippen MR) is 42.2 cm³/mol. The van der Waals surface area contributed by atoms with E-state index in [1.54, 1.807) is 18.2 Å². The van der Waals surface area contributed by atoms with E-state index in [2.05, 4.69) is 0 Å². The van der Waals surface area contributed by atoms with Crippen LogP contribution in [0.3, 0.4) is 0 Å². The molecule has 0 aliphatic heterocycles. The van der Waals surface area contributed by atoms with Crippen molar-refractivity contribution in [2.75, 3.05) is 0 Å². The molecule has 0 fully saturated rings. The molecule has 0 N–H and O–H groups in total. The van der Waals surface area contributed by atoms with Crippen molar-refractivity contribution in [3.63, 3.8) is 0 Å². The molecule has 0 amide bonds. The summed E-state index contributed by atoms with van der Waals surface area (Å²) in [5.41, 5.74) is 1.01. The molecule has 1 aromatic rings. The molecular formula is C7H4BClO. The van der Waals surface area contributed by atoms with E-state index in [1.807, 2.05) is 0 Å². The van der Waals surface area contributed by atoms with Crippen LogP contribution in [0.25, 0.3) is 0 Å². The fourth-order valence-corrected chi connectivity index (χ4v) is 0.956. The summed E-state index contributed by atoms with van der Waals surface area (Å²) in [5.74, 6) is 0. The van der Waals surface area contributed by atoms with Gasteiger partial charge in [-0.15, -0.1) is 0 Å². The maximum absolute atomic E-state index is 10.2. The Kier molecular flexibility index (Phi) is 2.12. The van der Waals surface area contributed by atoms with Crippen molar-refractivity contribution >= 4 is 31.2 Å². The summed E-state index contributed by atoms with van der Waals surface area (Å²) in [5, 5.41) is 0.488. The van der Waals surface area contributed by atoms with Crippen molar-refractivity contribution in [2.45, 2.75) is 0 Å². The van der Waals surface area contributed by atoms with Crippen molar-refractivity contribution in [3.05, 3.63) is 28.8 Å². The summed E-state index contributed by atoms with van der Waals surface area (Å²) in [6.07, 6.45) is 0.711. The van der Waals surface area contributed by atoms with E-state index in [-0.39, 0.29) is 0 Å².